The number of nitro benzene ring substituents is 1. The Morgan fingerprint density at radius 1 is 1.14 bits per heavy atom. The third-order valence-electron chi connectivity index (χ3n) is 2.63. The van der Waals surface area contributed by atoms with Crippen LogP contribution in [0.1, 0.15) is 10.4 Å². The Bertz CT molecular complexity index is 832. The molecule has 22 heavy (non-hydrogen) atoms. The average Bonchev–Trinajstić information content (AvgIpc) is 2.49. The number of carbonyl (C=O) groups excluding carboxylic acids is 1. The van der Waals surface area contributed by atoms with Gasteiger partial charge in [-0.05, 0) is 46.3 Å². The van der Waals surface area contributed by atoms with E-state index in [1.807, 2.05) is 0 Å². The summed E-state index contributed by atoms with van der Waals surface area (Å²) in [5, 5.41) is 10.5. The van der Waals surface area contributed by atoms with E-state index in [0.717, 1.165) is 24.3 Å². The number of non-ortho nitro benzene ring substituents is 1. The van der Waals surface area contributed by atoms with Gasteiger partial charge >= 0.3 is 10.1 Å². The smallest absolute Gasteiger partial charge is 0.339 e. The minimum Gasteiger partial charge on any atom is -0.378 e. The van der Waals surface area contributed by atoms with E-state index >= 15 is 0 Å². The Kier molecular flexibility index (Phi) is 4.57. The summed E-state index contributed by atoms with van der Waals surface area (Å²) in [5.41, 5.74) is 0.127. The SMILES string of the molecule is O=Cc1ccc(OS(=O)(=O)c2ccc([N+](=O)[O-])cc2)c(Br)c1. The van der Waals surface area contributed by atoms with Crippen LogP contribution < -0.4 is 4.18 Å². The van der Waals surface area contributed by atoms with Crippen LogP contribution in [0.15, 0.2) is 51.8 Å². The number of aldehydes is 1. The first kappa shape index (κ1) is 16.1. The third-order valence-corrected chi connectivity index (χ3v) is 4.50. The number of hydrogen-bond acceptors (Lipinski definition) is 6. The van der Waals surface area contributed by atoms with Crippen molar-refractivity contribution in [1.82, 2.24) is 0 Å². The summed E-state index contributed by atoms with van der Waals surface area (Å²) in [6.45, 7) is 0. The predicted octanol–water partition coefficient (Wildman–Crippen LogP) is 2.94. The lowest BCUT2D eigenvalue weighted by Gasteiger charge is -2.08. The van der Waals surface area contributed by atoms with Gasteiger partial charge in [-0.15, -0.1) is 0 Å². The molecular formula is C13H8BrNO6S. The van der Waals surface area contributed by atoms with Crippen molar-refractivity contribution in [2.45, 2.75) is 4.90 Å². The first-order chi connectivity index (χ1) is 10.3. The van der Waals surface area contributed by atoms with Crippen LogP contribution in [0.3, 0.4) is 0 Å². The second kappa shape index (κ2) is 6.24. The molecule has 0 atom stereocenters. The second-order valence-corrected chi connectivity index (χ2v) is 6.50. The third kappa shape index (κ3) is 3.49. The van der Waals surface area contributed by atoms with E-state index in [9.17, 15) is 23.3 Å². The fourth-order valence-corrected chi connectivity index (χ4v) is 3.09. The molecule has 114 valence electrons. The fourth-order valence-electron chi connectivity index (χ4n) is 1.56. The molecule has 0 aromatic heterocycles. The van der Waals surface area contributed by atoms with Crippen molar-refractivity contribution in [2.24, 2.45) is 0 Å². The van der Waals surface area contributed by atoms with Crippen LogP contribution in [-0.2, 0) is 10.1 Å². The summed E-state index contributed by atoms with van der Waals surface area (Å²) in [7, 11) is -4.14. The Morgan fingerprint density at radius 3 is 2.27 bits per heavy atom. The van der Waals surface area contributed by atoms with Crippen LogP contribution in [0.25, 0.3) is 0 Å². The van der Waals surface area contributed by atoms with E-state index in [2.05, 4.69) is 15.9 Å². The van der Waals surface area contributed by atoms with Gasteiger partial charge in [-0.1, -0.05) is 0 Å². The molecule has 2 aromatic rings. The predicted molar refractivity (Wildman–Crippen MR) is 80.4 cm³/mol. The fraction of sp³-hybridized carbons (Fsp3) is 0. The normalized spacial score (nSPS) is 11.0. The molecule has 9 heteroatoms. The van der Waals surface area contributed by atoms with Crippen molar-refractivity contribution in [3.05, 3.63) is 62.6 Å². The lowest BCUT2D eigenvalue weighted by atomic mass is 10.2. The summed E-state index contributed by atoms with van der Waals surface area (Å²) >= 11 is 3.11. The highest BCUT2D eigenvalue weighted by Crippen LogP contribution is 2.29. The Balaban J connectivity index is 2.31. The highest BCUT2D eigenvalue weighted by atomic mass is 79.9. The van der Waals surface area contributed by atoms with Gasteiger partial charge in [0.15, 0.2) is 5.75 Å². The number of halogens is 1. The summed E-state index contributed by atoms with van der Waals surface area (Å²) in [5.74, 6) is 0.00366. The molecule has 0 saturated carbocycles. The zero-order chi connectivity index (χ0) is 16.3. The highest BCUT2D eigenvalue weighted by molar-refractivity contribution is 9.10. The molecule has 0 unspecified atom stereocenters. The van der Waals surface area contributed by atoms with E-state index in [0.29, 0.717) is 16.3 Å². The lowest BCUT2D eigenvalue weighted by Crippen LogP contribution is -2.10. The molecular weight excluding hydrogens is 378 g/mol. The largest absolute Gasteiger partial charge is 0.378 e. The Morgan fingerprint density at radius 2 is 1.77 bits per heavy atom. The first-order valence-corrected chi connectivity index (χ1v) is 7.97. The van der Waals surface area contributed by atoms with Crippen LogP contribution in [-0.4, -0.2) is 19.6 Å². The first-order valence-electron chi connectivity index (χ1n) is 5.77. The van der Waals surface area contributed by atoms with E-state index < -0.39 is 15.0 Å². The molecule has 0 aliphatic carbocycles. The van der Waals surface area contributed by atoms with Gasteiger partial charge in [0, 0.05) is 17.7 Å². The van der Waals surface area contributed by atoms with Gasteiger partial charge < -0.3 is 4.18 Å². The van der Waals surface area contributed by atoms with Gasteiger partial charge in [0.1, 0.15) is 11.2 Å². The van der Waals surface area contributed by atoms with Gasteiger partial charge in [-0.2, -0.15) is 8.42 Å². The molecule has 0 aliphatic heterocycles. The van der Waals surface area contributed by atoms with Crippen molar-refractivity contribution >= 4 is 38.0 Å². The van der Waals surface area contributed by atoms with Crippen LogP contribution in [0.4, 0.5) is 5.69 Å². The number of rotatable bonds is 5. The van der Waals surface area contributed by atoms with E-state index in [-0.39, 0.29) is 16.3 Å². The maximum Gasteiger partial charge on any atom is 0.339 e. The molecule has 0 N–H and O–H groups in total. The number of benzene rings is 2. The zero-order valence-electron chi connectivity index (χ0n) is 10.8. The molecule has 7 nitrogen and oxygen atoms in total. The van der Waals surface area contributed by atoms with E-state index in [1.54, 1.807) is 0 Å². The topological polar surface area (TPSA) is 104 Å². The van der Waals surface area contributed by atoms with Crippen LogP contribution in [0.5, 0.6) is 5.75 Å². The van der Waals surface area contributed by atoms with Crippen molar-refractivity contribution < 1.29 is 22.3 Å². The van der Waals surface area contributed by atoms with Crippen molar-refractivity contribution in [1.29, 1.82) is 0 Å². The van der Waals surface area contributed by atoms with Gasteiger partial charge in [-0.3, -0.25) is 14.9 Å². The van der Waals surface area contributed by atoms with Gasteiger partial charge in [0.25, 0.3) is 5.69 Å². The zero-order valence-corrected chi connectivity index (χ0v) is 13.2. The van der Waals surface area contributed by atoms with E-state index in [1.165, 1.54) is 18.2 Å². The van der Waals surface area contributed by atoms with E-state index in [4.69, 9.17) is 4.18 Å². The molecule has 0 amide bonds. The standard InChI is InChI=1S/C13H8BrNO6S/c14-12-7-9(8-16)1-6-13(12)21-22(19,20)11-4-2-10(3-5-11)15(17)18/h1-8H. The average molecular weight is 386 g/mol. The monoisotopic (exact) mass is 385 g/mol. The lowest BCUT2D eigenvalue weighted by molar-refractivity contribution is -0.384. The number of nitro groups is 1. The molecule has 0 bridgehead atoms. The second-order valence-electron chi connectivity index (χ2n) is 4.10. The molecule has 0 spiro atoms. The molecule has 2 rings (SSSR count). The minimum absolute atomic E-state index is 0.00366. The number of hydrogen-bond donors (Lipinski definition) is 0. The van der Waals surface area contributed by atoms with Gasteiger partial charge in [0.2, 0.25) is 0 Å². The van der Waals surface area contributed by atoms with Crippen molar-refractivity contribution in [3.63, 3.8) is 0 Å². The van der Waals surface area contributed by atoms with Crippen LogP contribution in [0.2, 0.25) is 0 Å². The molecule has 0 saturated heterocycles. The summed E-state index contributed by atoms with van der Waals surface area (Å²) in [6, 6.07) is 8.45. The van der Waals surface area contributed by atoms with Gasteiger partial charge in [-0.25, -0.2) is 0 Å². The Hall–Kier alpha value is -2.26. The van der Waals surface area contributed by atoms with Crippen molar-refractivity contribution in [2.75, 3.05) is 0 Å². The molecule has 0 radical (unpaired) electrons. The summed E-state index contributed by atoms with van der Waals surface area (Å²) < 4.78 is 29.5. The summed E-state index contributed by atoms with van der Waals surface area (Å²) in [6.07, 6.45) is 0.610. The summed E-state index contributed by atoms with van der Waals surface area (Å²) in [4.78, 5) is 20.3. The minimum atomic E-state index is -4.14. The van der Waals surface area contributed by atoms with Crippen LogP contribution >= 0.6 is 15.9 Å². The molecule has 2 aromatic carbocycles. The molecule has 0 heterocycles. The van der Waals surface area contributed by atoms with Gasteiger partial charge in [0.05, 0.1) is 9.40 Å². The molecule has 0 aliphatic rings. The number of carbonyl (C=O) groups is 1. The highest BCUT2D eigenvalue weighted by Gasteiger charge is 2.19. The quantitative estimate of drug-likeness (QED) is 0.339. The maximum absolute atomic E-state index is 12.1. The maximum atomic E-state index is 12.1. The van der Waals surface area contributed by atoms with Crippen LogP contribution in [0, 0.1) is 10.1 Å². The Labute approximate surface area is 133 Å². The molecule has 0 fully saturated rings. The number of nitrogens with zero attached hydrogens (tertiary/aromatic N) is 1. The van der Waals surface area contributed by atoms with Crippen molar-refractivity contribution in [3.8, 4) is 5.75 Å².